The molecule has 2 atom stereocenters. The highest BCUT2D eigenvalue weighted by atomic mass is 19.4. The minimum Gasteiger partial charge on any atom is -0.443 e. The number of nitrogens with zero attached hydrogens (tertiary/aromatic N) is 4. The number of fused-ring (bicyclic) bond motifs is 2. The second-order valence-corrected chi connectivity index (χ2v) is 10.1. The lowest BCUT2D eigenvalue weighted by Crippen LogP contribution is -2.53. The lowest BCUT2D eigenvalue weighted by Gasteiger charge is -2.38. The number of carbonyl (C=O) groups excluding carboxylic acids is 3. The van der Waals surface area contributed by atoms with Crippen molar-refractivity contribution >= 4 is 35.1 Å². The number of para-hydroxylation sites is 1. The summed E-state index contributed by atoms with van der Waals surface area (Å²) in [5.41, 5.74) is -2.08. The summed E-state index contributed by atoms with van der Waals surface area (Å²) in [6, 6.07) is 4.21. The third kappa shape index (κ3) is 4.96. The Bertz CT molecular complexity index is 1270. The lowest BCUT2D eigenvalue weighted by atomic mass is 9.96. The summed E-state index contributed by atoms with van der Waals surface area (Å²) in [5.74, 6) is -3.27. The van der Waals surface area contributed by atoms with Crippen LogP contribution >= 0.6 is 0 Å². The molecule has 3 amide bonds. The number of hydrogen-bond donors (Lipinski definition) is 0. The van der Waals surface area contributed by atoms with Crippen molar-refractivity contribution in [3.05, 3.63) is 47.4 Å². The van der Waals surface area contributed by atoms with Crippen LogP contribution in [0.25, 0.3) is 0 Å². The van der Waals surface area contributed by atoms with Gasteiger partial charge in [0.05, 0.1) is 11.3 Å². The van der Waals surface area contributed by atoms with E-state index in [1.54, 1.807) is 20.8 Å². The SMILES string of the molecule is Cc1cc(C(F)(F)F)cc(N2C(=O)C[C@@H]3CN(C(=O)OC(C)(C)C)c4c(F)cccc4N(C)C(=O)[C@H]32)n1. The number of benzene rings is 1. The maximum Gasteiger partial charge on any atom is 0.416 e. The Morgan fingerprint density at radius 3 is 2.43 bits per heavy atom. The van der Waals surface area contributed by atoms with Crippen LogP contribution in [0.1, 0.15) is 38.4 Å². The van der Waals surface area contributed by atoms with Gasteiger partial charge in [-0.1, -0.05) is 6.07 Å². The van der Waals surface area contributed by atoms with Gasteiger partial charge in [0.15, 0.2) is 0 Å². The van der Waals surface area contributed by atoms with Gasteiger partial charge in [-0.3, -0.25) is 19.4 Å². The molecule has 1 fully saturated rings. The quantitative estimate of drug-likeness (QED) is 0.508. The third-order valence-electron chi connectivity index (χ3n) is 6.16. The van der Waals surface area contributed by atoms with Crippen molar-refractivity contribution < 1.29 is 36.7 Å². The molecule has 0 spiro atoms. The molecule has 2 aliphatic rings. The van der Waals surface area contributed by atoms with E-state index in [9.17, 15) is 27.6 Å². The molecule has 0 bridgehead atoms. The van der Waals surface area contributed by atoms with E-state index in [0.717, 1.165) is 32.9 Å². The van der Waals surface area contributed by atoms with Crippen molar-refractivity contribution in [3.63, 3.8) is 0 Å². The van der Waals surface area contributed by atoms with E-state index < -0.39 is 53.0 Å². The molecule has 0 unspecified atom stereocenters. The molecule has 0 radical (unpaired) electrons. The van der Waals surface area contributed by atoms with Gasteiger partial charge in [-0.05, 0) is 52.0 Å². The summed E-state index contributed by atoms with van der Waals surface area (Å²) in [4.78, 5) is 47.2. The van der Waals surface area contributed by atoms with Crippen LogP contribution in [0.3, 0.4) is 0 Å². The highest BCUT2D eigenvalue weighted by molar-refractivity contribution is 6.11. The molecule has 4 rings (SSSR count). The minimum atomic E-state index is -4.70. The number of likely N-dealkylation sites (N-methyl/N-ethyl adjacent to an activating group) is 1. The molecular weight excluding hydrogens is 496 g/mol. The van der Waals surface area contributed by atoms with E-state index in [2.05, 4.69) is 4.98 Å². The molecule has 1 aromatic heterocycles. The standard InChI is InChI=1S/C25H26F4N4O4/c1-13-9-15(25(27,28)29)11-18(30-13)33-19(34)10-14-12-32(23(36)37-24(2,3)4)21-16(26)7-6-8-17(21)31(5)22(35)20(14)33/h6-9,11,14,20H,10,12H2,1-5H3/t14-,20+/m1/s1. The van der Waals surface area contributed by atoms with Gasteiger partial charge in [0.25, 0.3) is 0 Å². The van der Waals surface area contributed by atoms with Gasteiger partial charge in [-0.25, -0.2) is 14.2 Å². The van der Waals surface area contributed by atoms with E-state index in [1.165, 1.54) is 26.1 Å². The zero-order valence-electron chi connectivity index (χ0n) is 20.9. The topological polar surface area (TPSA) is 83.1 Å². The second-order valence-electron chi connectivity index (χ2n) is 10.1. The van der Waals surface area contributed by atoms with Crippen molar-refractivity contribution in [1.82, 2.24) is 4.98 Å². The predicted molar refractivity (Wildman–Crippen MR) is 127 cm³/mol. The highest BCUT2D eigenvalue weighted by Crippen LogP contribution is 2.41. The number of aryl methyl sites for hydroxylation is 1. The molecule has 0 saturated carbocycles. The Morgan fingerprint density at radius 2 is 1.81 bits per heavy atom. The molecule has 2 aliphatic heterocycles. The first-order valence-corrected chi connectivity index (χ1v) is 11.5. The number of rotatable bonds is 1. The summed E-state index contributed by atoms with van der Waals surface area (Å²) in [6.07, 6.45) is -5.86. The molecule has 37 heavy (non-hydrogen) atoms. The first-order chi connectivity index (χ1) is 17.1. The molecule has 1 saturated heterocycles. The summed E-state index contributed by atoms with van der Waals surface area (Å²) >= 11 is 0. The van der Waals surface area contributed by atoms with Gasteiger partial charge in [0.1, 0.15) is 29.0 Å². The van der Waals surface area contributed by atoms with E-state index in [0.29, 0.717) is 0 Å². The maximum absolute atomic E-state index is 15.1. The number of amides is 3. The molecule has 12 heteroatoms. The third-order valence-corrected chi connectivity index (χ3v) is 6.16. The zero-order chi connectivity index (χ0) is 27.4. The van der Waals surface area contributed by atoms with Crippen molar-refractivity contribution in [3.8, 4) is 0 Å². The highest BCUT2D eigenvalue weighted by Gasteiger charge is 2.50. The summed E-state index contributed by atoms with van der Waals surface area (Å²) < 4.78 is 61.1. The summed E-state index contributed by atoms with van der Waals surface area (Å²) in [6.45, 7) is 5.98. The van der Waals surface area contributed by atoms with Crippen molar-refractivity contribution in [2.24, 2.45) is 5.92 Å². The first kappa shape index (κ1) is 26.4. The molecule has 1 aromatic carbocycles. The largest absolute Gasteiger partial charge is 0.443 e. The summed E-state index contributed by atoms with van der Waals surface area (Å²) in [7, 11) is 1.35. The van der Waals surface area contributed by atoms with Crippen LogP contribution in [-0.2, 0) is 20.5 Å². The fraction of sp³-hybridized carbons (Fsp3) is 0.440. The molecule has 0 N–H and O–H groups in total. The predicted octanol–water partition coefficient (Wildman–Crippen LogP) is 4.69. The monoisotopic (exact) mass is 522 g/mol. The number of aromatic nitrogens is 1. The average Bonchev–Trinajstić information content (AvgIpc) is 3.09. The van der Waals surface area contributed by atoms with Gasteiger partial charge in [-0.2, -0.15) is 13.2 Å². The van der Waals surface area contributed by atoms with Crippen LogP contribution in [0.2, 0.25) is 0 Å². The lowest BCUT2D eigenvalue weighted by molar-refractivity contribution is -0.137. The molecule has 8 nitrogen and oxygen atoms in total. The number of ether oxygens (including phenoxy) is 1. The van der Waals surface area contributed by atoms with Gasteiger partial charge in [-0.15, -0.1) is 0 Å². The van der Waals surface area contributed by atoms with E-state index >= 15 is 4.39 Å². The Kier molecular flexibility index (Phi) is 6.41. The van der Waals surface area contributed by atoms with Crippen molar-refractivity contribution in [1.29, 1.82) is 0 Å². The number of carbonyl (C=O) groups is 3. The van der Waals surface area contributed by atoms with Crippen LogP contribution in [0, 0.1) is 18.7 Å². The fourth-order valence-corrected chi connectivity index (χ4v) is 4.65. The Morgan fingerprint density at radius 1 is 1.14 bits per heavy atom. The molecule has 3 heterocycles. The van der Waals surface area contributed by atoms with Crippen LogP contribution < -0.4 is 14.7 Å². The van der Waals surface area contributed by atoms with Gasteiger partial charge in [0, 0.05) is 31.6 Å². The van der Waals surface area contributed by atoms with Crippen LogP contribution in [0.4, 0.5) is 39.5 Å². The van der Waals surface area contributed by atoms with Gasteiger partial charge < -0.3 is 9.64 Å². The minimum absolute atomic E-state index is 0.00974. The molecule has 198 valence electrons. The Hall–Kier alpha value is -3.70. The molecule has 2 aromatic rings. The van der Waals surface area contributed by atoms with E-state index in [1.807, 2.05) is 0 Å². The first-order valence-electron chi connectivity index (χ1n) is 11.5. The van der Waals surface area contributed by atoms with Crippen molar-refractivity contribution in [2.75, 3.05) is 28.3 Å². The fourth-order valence-electron chi connectivity index (χ4n) is 4.65. The molecular formula is C25H26F4N4O4. The maximum atomic E-state index is 15.1. The van der Waals surface area contributed by atoms with Crippen LogP contribution in [-0.4, -0.2) is 48.1 Å². The van der Waals surface area contributed by atoms with Gasteiger partial charge >= 0.3 is 12.3 Å². The number of halogens is 4. The second kappa shape index (κ2) is 9.00. The summed E-state index contributed by atoms with van der Waals surface area (Å²) in [5, 5.41) is 0. The Labute approximate surface area is 210 Å². The van der Waals surface area contributed by atoms with E-state index in [-0.39, 0.29) is 35.9 Å². The van der Waals surface area contributed by atoms with Crippen molar-refractivity contribution in [2.45, 2.75) is 51.9 Å². The van der Waals surface area contributed by atoms with Gasteiger partial charge in [0.2, 0.25) is 11.8 Å². The average molecular weight is 522 g/mol. The molecule has 0 aliphatic carbocycles. The number of pyridine rings is 1. The zero-order valence-corrected chi connectivity index (χ0v) is 20.9. The normalized spacial score (nSPS) is 20.4. The van der Waals surface area contributed by atoms with Crippen LogP contribution in [0.15, 0.2) is 30.3 Å². The van der Waals surface area contributed by atoms with E-state index in [4.69, 9.17) is 4.74 Å². The van der Waals surface area contributed by atoms with Crippen LogP contribution in [0.5, 0.6) is 0 Å². The number of hydrogen-bond acceptors (Lipinski definition) is 5. The number of anilines is 3. The number of alkyl halides is 3. The smallest absolute Gasteiger partial charge is 0.416 e. The Balaban J connectivity index is 1.85.